The van der Waals surface area contributed by atoms with Crippen LogP contribution in [0.15, 0.2) is 24.3 Å². The number of hydrogen-bond donors (Lipinski definition) is 1. The number of nitrogens with zero attached hydrogens (tertiary/aromatic N) is 1. The first-order chi connectivity index (χ1) is 10.7. The van der Waals surface area contributed by atoms with E-state index in [9.17, 15) is 4.79 Å². The number of amides is 1. The Kier molecular flexibility index (Phi) is 6.72. The zero-order valence-corrected chi connectivity index (χ0v) is 13.8. The number of ether oxygens (including phenoxy) is 1. The van der Waals surface area contributed by atoms with Crippen molar-refractivity contribution in [2.45, 2.75) is 52.1 Å². The van der Waals surface area contributed by atoms with Gasteiger partial charge in [0.05, 0.1) is 12.6 Å². The number of rotatable bonds is 6. The molecule has 1 fully saturated rings. The van der Waals surface area contributed by atoms with Crippen LogP contribution >= 0.6 is 0 Å². The lowest BCUT2D eigenvalue weighted by atomic mass is 10.2. The first-order valence-corrected chi connectivity index (χ1v) is 8.46. The predicted octanol–water partition coefficient (Wildman–Crippen LogP) is 3.68. The normalized spacial score (nSPS) is 17.5. The van der Waals surface area contributed by atoms with Crippen LogP contribution in [0.3, 0.4) is 0 Å². The third-order valence-corrected chi connectivity index (χ3v) is 4.12. The second-order valence-corrected chi connectivity index (χ2v) is 6.10. The second-order valence-electron chi connectivity index (χ2n) is 6.10. The quantitative estimate of drug-likeness (QED) is 0.871. The fourth-order valence-electron chi connectivity index (χ4n) is 2.63. The Morgan fingerprint density at radius 2 is 1.82 bits per heavy atom. The van der Waals surface area contributed by atoms with Gasteiger partial charge in [0.1, 0.15) is 5.75 Å². The number of hydrogen-bond acceptors (Lipinski definition) is 3. The molecule has 1 amide bonds. The van der Waals surface area contributed by atoms with Crippen LogP contribution in [0, 0.1) is 0 Å². The molecule has 22 heavy (non-hydrogen) atoms. The molecule has 0 radical (unpaired) electrons. The Hall–Kier alpha value is -1.55. The molecule has 1 aliphatic rings. The highest BCUT2D eigenvalue weighted by atomic mass is 16.5. The zero-order chi connectivity index (χ0) is 15.8. The molecule has 0 saturated carbocycles. The van der Waals surface area contributed by atoms with E-state index >= 15 is 0 Å². The Morgan fingerprint density at radius 3 is 2.41 bits per heavy atom. The van der Waals surface area contributed by atoms with Crippen molar-refractivity contribution in [2.24, 2.45) is 0 Å². The van der Waals surface area contributed by atoms with Gasteiger partial charge in [-0.2, -0.15) is 0 Å². The van der Waals surface area contributed by atoms with Crippen LogP contribution in [0.4, 0.5) is 5.69 Å². The lowest BCUT2D eigenvalue weighted by Crippen LogP contribution is -2.33. The summed E-state index contributed by atoms with van der Waals surface area (Å²) in [5.74, 6) is 0.914. The summed E-state index contributed by atoms with van der Waals surface area (Å²) in [6, 6.07) is 7.62. The van der Waals surface area contributed by atoms with Crippen LogP contribution in [0.2, 0.25) is 0 Å². The van der Waals surface area contributed by atoms with Gasteiger partial charge >= 0.3 is 0 Å². The third kappa shape index (κ3) is 5.68. The van der Waals surface area contributed by atoms with Gasteiger partial charge in [0, 0.05) is 5.69 Å². The molecule has 2 rings (SSSR count). The molecule has 4 heteroatoms. The van der Waals surface area contributed by atoms with Crippen LogP contribution in [0.5, 0.6) is 5.75 Å². The van der Waals surface area contributed by atoms with Crippen LogP contribution in [-0.4, -0.2) is 36.5 Å². The molecule has 0 bridgehead atoms. The van der Waals surface area contributed by atoms with E-state index in [-0.39, 0.29) is 12.0 Å². The zero-order valence-electron chi connectivity index (χ0n) is 13.8. The summed E-state index contributed by atoms with van der Waals surface area (Å²) >= 11 is 0. The van der Waals surface area contributed by atoms with E-state index in [4.69, 9.17) is 4.74 Å². The molecular weight excluding hydrogens is 276 g/mol. The van der Waals surface area contributed by atoms with Crippen molar-refractivity contribution >= 4 is 11.6 Å². The van der Waals surface area contributed by atoms with Crippen molar-refractivity contribution in [3.8, 4) is 5.75 Å². The van der Waals surface area contributed by atoms with Crippen LogP contribution in [0.1, 0.15) is 46.0 Å². The van der Waals surface area contributed by atoms with E-state index in [2.05, 4.69) is 24.1 Å². The molecule has 1 unspecified atom stereocenters. The number of benzene rings is 1. The van der Waals surface area contributed by atoms with E-state index in [0.29, 0.717) is 6.54 Å². The minimum absolute atomic E-state index is 0.0671. The Labute approximate surface area is 133 Å². The van der Waals surface area contributed by atoms with Gasteiger partial charge in [0.2, 0.25) is 5.91 Å². The molecule has 1 aliphatic heterocycles. The molecule has 4 nitrogen and oxygen atoms in total. The van der Waals surface area contributed by atoms with E-state index in [1.807, 2.05) is 24.3 Å². The third-order valence-electron chi connectivity index (χ3n) is 4.12. The van der Waals surface area contributed by atoms with Crippen LogP contribution in [0.25, 0.3) is 0 Å². The molecule has 0 spiro atoms. The average molecular weight is 304 g/mol. The Balaban J connectivity index is 1.80. The van der Waals surface area contributed by atoms with Gasteiger partial charge in [-0.05, 0) is 63.5 Å². The van der Waals surface area contributed by atoms with E-state index in [1.54, 1.807) is 0 Å². The fraction of sp³-hybridized carbons (Fsp3) is 0.611. The summed E-state index contributed by atoms with van der Waals surface area (Å²) < 4.78 is 5.74. The van der Waals surface area contributed by atoms with Gasteiger partial charge < -0.3 is 10.1 Å². The van der Waals surface area contributed by atoms with Crippen LogP contribution < -0.4 is 10.1 Å². The second kappa shape index (κ2) is 8.79. The maximum Gasteiger partial charge on any atom is 0.238 e. The Bertz CT molecular complexity index is 451. The molecule has 1 aromatic rings. The number of likely N-dealkylation sites (tertiary alicyclic amines) is 1. The predicted molar refractivity (Wildman–Crippen MR) is 90.4 cm³/mol. The van der Waals surface area contributed by atoms with E-state index < -0.39 is 0 Å². The summed E-state index contributed by atoms with van der Waals surface area (Å²) in [4.78, 5) is 14.4. The van der Waals surface area contributed by atoms with Crippen molar-refractivity contribution in [1.82, 2.24) is 4.90 Å². The van der Waals surface area contributed by atoms with Gasteiger partial charge in [-0.3, -0.25) is 9.69 Å². The number of nitrogens with one attached hydrogen (secondary N) is 1. The van der Waals surface area contributed by atoms with Gasteiger partial charge in [-0.25, -0.2) is 0 Å². The van der Waals surface area contributed by atoms with E-state index in [1.165, 1.54) is 25.7 Å². The summed E-state index contributed by atoms with van der Waals surface area (Å²) in [6.45, 7) is 6.72. The molecule has 1 atom stereocenters. The number of anilines is 1. The topological polar surface area (TPSA) is 41.6 Å². The summed E-state index contributed by atoms with van der Waals surface area (Å²) in [5.41, 5.74) is 0.830. The molecule has 1 saturated heterocycles. The van der Waals surface area contributed by atoms with Crippen molar-refractivity contribution in [2.75, 3.05) is 25.0 Å². The van der Waals surface area contributed by atoms with Crippen molar-refractivity contribution in [3.63, 3.8) is 0 Å². The summed E-state index contributed by atoms with van der Waals surface area (Å²) in [7, 11) is 0. The molecule has 1 heterocycles. The Morgan fingerprint density at radius 1 is 1.18 bits per heavy atom. The van der Waals surface area contributed by atoms with Crippen molar-refractivity contribution in [3.05, 3.63) is 24.3 Å². The molecule has 122 valence electrons. The average Bonchev–Trinajstić information content (AvgIpc) is 2.77. The molecular formula is C18H28N2O2. The largest absolute Gasteiger partial charge is 0.491 e. The lowest BCUT2D eigenvalue weighted by molar-refractivity contribution is -0.117. The van der Waals surface area contributed by atoms with Gasteiger partial charge in [-0.1, -0.05) is 19.8 Å². The van der Waals surface area contributed by atoms with Gasteiger partial charge in [-0.15, -0.1) is 0 Å². The first kappa shape index (κ1) is 16.8. The molecule has 0 aliphatic carbocycles. The molecule has 1 N–H and O–H groups in total. The first-order valence-electron chi connectivity index (χ1n) is 8.46. The number of carbonyl (C=O) groups excluding carboxylic acids is 1. The highest BCUT2D eigenvalue weighted by Gasteiger charge is 2.13. The maximum atomic E-state index is 12.1. The number of carbonyl (C=O) groups is 1. The summed E-state index contributed by atoms with van der Waals surface area (Å²) in [5, 5.41) is 2.97. The minimum atomic E-state index is 0.0671. The fourth-order valence-corrected chi connectivity index (χ4v) is 2.63. The molecule has 1 aromatic carbocycles. The highest BCUT2D eigenvalue weighted by molar-refractivity contribution is 5.92. The lowest BCUT2D eigenvalue weighted by Gasteiger charge is -2.19. The maximum absolute atomic E-state index is 12.1. The minimum Gasteiger partial charge on any atom is -0.491 e. The monoisotopic (exact) mass is 304 g/mol. The van der Waals surface area contributed by atoms with E-state index in [0.717, 1.165) is 30.9 Å². The smallest absolute Gasteiger partial charge is 0.238 e. The van der Waals surface area contributed by atoms with Crippen LogP contribution in [-0.2, 0) is 4.79 Å². The SMILES string of the molecule is CCC(C)Oc1ccc(NC(=O)CN2CCCCCC2)cc1. The molecule has 0 aromatic heterocycles. The highest BCUT2D eigenvalue weighted by Crippen LogP contribution is 2.18. The standard InChI is InChI=1S/C18H28N2O2/c1-3-15(2)22-17-10-8-16(9-11-17)19-18(21)14-20-12-6-4-5-7-13-20/h8-11,15H,3-7,12-14H2,1-2H3,(H,19,21). The van der Waals surface area contributed by atoms with Gasteiger partial charge in [0.25, 0.3) is 0 Å². The van der Waals surface area contributed by atoms with Crippen molar-refractivity contribution in [1.29, 1.82) is 0 Å². The van der Waals surface area contributed by atoms with Crippen molar-refractivity contribution < 1.29 is 9.53 Å². The summed E-state index contributed by atoms with van der Waals surface area (Å²) in [6.07, 6.45) is 6.17. The van der Waals surface area contributed by atoms with Gasteiger partial charge in [0.15, 0.2) is 0 Å².